The molecule has 0 amide bonds. The van der Waals surface area contributed by atoms with Crippen LogP contribution in [-0.2, 0) is 0 Å². The molecule has 2 unspecified atom stereocenters. The maximum Gasteiger partial charge on any atom is 0.0113 e. The molecular formula is C15H33N3. The Labute approximate surface area is 114 Å². The summed E-state index contributed by atoms with van der Waals surface area (Å²) in [7, 11) is 0. The standard InChI is InChI=1S/C15H33N3/c1-6-16-14(4)11-15(5)18-9-7-17(8-10-18)12-13(2)3/h13-16H,6-12H2,1-5H3. The fourth-order valence-electron chi connectivity index (χ4n) is 3.00. The fraction of sp³-hybridized carbons (Fsp3) is 1.00. The van der Waals surface area contributed by atoms with Gasteiger partial charge in [0.05, 0.1) is 0 Å². The predicted molar refractivity (Wildman–Crippen MR) is 80.1 cm³/mol. The molecule has 108 valence electrons. The highest BCUT2D eigenvalue weighted by molar-refractivity contribution is 4.79. The number of hydrogen-bond donors (Lipinski definition) is 1. The largest absolute Gasteiger partial charge is 0.314 e. The van der Waals surface area contributed by atoms with Gasteiger partial charge in [-0.25, -0.2) is 0 Å². The number of nitrogens with zero attached hydrogens (tertiary/aromatic N) is 2. The molecule has 18 heavy (non-hydrogen) atoms. The van der Waals surface area contributed by atoms with Crippen molar-refractivity contribution < 1.29 is 0 Å². The summed E-state index contributed by atoms with van der Waals surface area (Å²) in [5.74, 6) is 0.794. The zero-order valence-corrected chi connectivity index (χ0v) is 13.1. The van der Waals surface area contributed by atoms with Crippen molar-refractivity contribution in [1.82, 2.24) is 15.1 Å². The molecule has 1 N–H and O–H groups in total. The van der Waals surface area contributed by atoms with Gasteiger partial charge in [0, 0.05) is 44.8 Å². The van der Waals surface area contributed by atoms with E-state index in [0.29, 0.717) is 12.1 Å². The van der Waals surface area contributed by atoms with Crippen LogP contribution in [0.5, 0.6) is 0 Å². The van der Waals surface area contributed by atoms with Gasteiger partial charge >= 0.3 is 0 Å². The van der Waals surface area contributed by atoms with Crippen LogP contribution in [-0.4, -0.2) is 61.2 Å². The van der Waals surface area contributed by atoms with E-state index in [1.54, 1.807) is 0 Å². The van der Waals surface area contributed by atoms with Gasteiger partial charge in [0.1, 0.15) is 0 Å². The van der Waals surface area contributed by atoms with E-state index in [2.05, 4.69) is 49.7 Å². The molecular weight excluding hydrogens is 222 g/mol. The molecule has 0 bridgehead atoms. The van der Waals surface area contributed by atoms with E-state index in [-0.39, 0.29) is 0 Å². The maximum atomic E-state index is 3.51. The van der Waals surface area contributed by atoms with Gasteiger partial charge in [-0.3, -0.25) is 4.90 Å². The predicted octanol–water partition coefficient (Wildman–Crippen LogP) is 2.04. The molecule has 3 nitrogen and oxygen atoms in total. The normalized spacial score (nSPS) is 22.3. The SMILES string of the molecule is CCNC(C)CC(C)N1CCN(CC(C)C)CC1. The summed E-state index contributed by atoms with van der Waals surface area (Å²) in [4.78, 5) is 5.27. The van der Waals surface area contributed by atoms with Gasteiger partial charge in [-0.15, -0.1) is 0 Å². The third-order valence-electron chi connectivity index (χ3n) is 3.90. The van der Waals surface area contributed by atoms with Crippen LogP contribution >= 0.6 is 0 Å². The summed E-state index contributed by atoms with van der Waals surface area (Å²) in [5, 5.41) is 3.51. The second-order valence-corrected chi connectivity index (χ2v) is 6.27. The quantitative estimate of drug-likeness (QED) is 0.751. The number of nitrogens with one attached hydrogen (secondary N) is 1. The number of piperazine rings is 1. The highest BCUT2D eigenvalue weighted by atomic mass is 15.3. The van der Waals surface area contributed by atoms with Gasteiger partial charge in [0.2, 0.25) is 0 Å². The first-order valence-corrected chi connectivity index (χ1v) is 7.72. The molecule has 1 aliphatic heterocycles. The third-order valence-corrected chi connectivity index (χ3v) is 3.90. The summed E-state index contributed by atoms with van der Waals surface area (Å²) in [6.45, 7) is 18.8. The van der Waals surface area contributed by atoms with E-state index >= 15 is 0 Å². The molecule has 1 aliphatic rings. The lowest BCUT2D eigenvalue weighted by Gasteiger charge is -2.39. The van der Waals surface area contributed by atoms with Crippen LogP contribution in [0.3, 0.4) is 0 Å². The first-order valence-electron chi connectivity index (χ1n) is 7.72. The Bertz CT molecular complexity index is 210. The van der Waals surface area contributed by atoms with Crippen LogP contribution in [0.15, 0.2) is 0 Å². The van der Waals surface area contributed by atoms with E-state index in [4.69, 9.17) is 0 Å². The highest BCUT2D eigenvalue weighted by Gasteiger charge is 2.22. The molecule has 0 aromatic carbocycles. The molecule has 0 aliphatic carbocycles. The van der Waals surface area contributed by atoms with E-state index in [1.165, 1.54) is 39.1 Å². The van der Waals surface area contributed by atoms with Crippen LogP contribution in [0.1, 0.15) is 41.0 Å². The Kier molecular flexibility index (Phi) is 7.20. The van der Waals surface area contributed by atoms with Crippen molar-refractivity contribution in [1.29, 1.82) is 0 Å². The van der Waals surface area contributed by atoms with Crippen LogP contribution in [0.4, 0.5) is 0 Å². The van der Waals surface area contributed by atoms with Crippen molar-refractivity contribution in [2.45, 2.75) is 53.1 Å². The van der Waals surface area contributed by atoms with Crippen LogP contribution in [0.2, 0.25) is 0 Å². The number of rotatable bonds is 7. The fourth-order valence-corrected chi connectivity index (χ4v) is 3.00. The number of hydrogen-bond acceptors (Lipinski definition) is 3. The average molecular weight is 255 g/mol. The van der Waals surface area contributed by atoms with E-state index in [1.807, 2.05) is 0 Å². The average Bonchev–Trinajstić information content (AvgIpc) is 2.29. The maximum absolute atomic E-state index is 3.51. The van der Waals surface area contributed by atoms with Gasteiger partial charge in [-0.05, 0) is 32.7 Å². The zero-order valence-electron chi connectivity index (χ0n) is 13.1. The molecule has 0 saturated carbocycles. The molecule has 1 fully saturated rings. The van der Waals surface area contributed by atoms with E-state index in [0.717, 1.165) is 12.5 Å². The second-order valence-electron chi connectivity index (χ2n) is 6.27. The summed E-state index contributed by atoms with van der Waals surface area (Å²) in [6, 6.07) is 1.35. The summed E-state index contributed by atoms with van der Waals surface area (Å²) in [5.41, 5.74) is 0. The smallest absolute Gasteiger partial charge is 0.0113 e. The molecule has 1 rings (SSSR count). The Morgan fingerprint density at radius 3 is 2.11 bits per heavy atom. The molecule has 0 aromatic heterocycles. The third kappa shape index (κ3) is 5.68. The van der Waals surface area contributed by atoms with E-state index < -0.39 is 0 Å². The minimum Gasteiger partial charge on any atom is -0.314 e. The summed E-state index contributed by atoms with van der Waals surface area (Å²) in [6.07, 6.45) is 1.26. The summed E-state index contributed by atoms with van der Waals surface area (Å²) < 4.78 is 0. The summed E-state index contributed by atoms with van der Waals surface area (Å²) >= 11 is 0. The van der Waals surface area contributed by atoms with Crippen LogP contribution in [0.25, 0.3) is 0 Å². The second kappa shape index (κ2) is 8.13. The van der Waals surface area contributed by atoms with Gasteiger partial charge in [0.15, 0.2) is 0 Å². The van der Waals surface area contributed by atoms with Gasteiger partial charge in [0.25, 0.3) is 0 Å². The van der Waals surface area contributed by atoms with Gasteiger partial charge in [-0.2, -0.15) is 0 Å². The molecule has 0 aromatic rings. The van der Waals surface area contributed by atoms with Crippen molar-refractivity contribution in [3.05, 3.63) is 0 Å². The zero-order chi connectivity index (χ0) is 13.5. The first kappa shape index (κ1) is 15.9. The lowest BCUT2D eigenvalue weighted by molar-refractivity contribution is 0.0883. The molecule has 0 radical (unpaired) electrons. The minimum atomic E-state index is 0.638. The molecule has 1 heterocycles. The van der Waals surface area contributed by atoms with Crippen molar-refractivity contribution in [2.75, 3.05) is 39.3 Å². The van der Waals surface area contributed by atoms with Crippen LogP contribution in [0, 0.1) is 5.92 Å². The van der Waals surface area contributed by atoms with Crippen molar-refractivity contribution >= 4 is 0 Å². The Morgan fingerprint density at radius 1 is 1.00 bits per heavy atom. The van der Waals surface area contributed by atoms with Crippen molar-refractivity contribution in [3.63, 3.8) is 0 Å². The van der Waals surface area contributed by atoms with Crippen molar-refractivity contribution in [2.24, 2.45) is 5.92 Å². The molecule has 0 spiro atoms. The Morgan fingerprint density at radius 2 is 1.61 bits per heavy atom. The topological polar surface area (TPSA) is 18.5 Å². The minimum absolute atomic E-state index is 0.638. The highest BCUT2D eigenvalue weighted by Crippen LogP contribution is 2.12. The lowest BCUT2D eigenvalue weighted by atomic mass is 10.1. The molecule has 1 saturated heterocycles. The lowest BCUT2D eigenvalue weighted by Crippen LogP contribution is -2.51. The Balaban J connectivity index is 2.25. The Hall–Kier alpha value is -0.120. The van der Waals surface area contributed by atoms with Crippen LogP contribution < -0.4 is 5.32 Å². The van der Waals surface area contributed by atoms with E-state index in [9.17, 15) is 0 Å². The first-order chi connectivity index (χ1) is 8.52. The van der Waals surface area contributed by atoms with Crippen molar-refractivity contribution in [3.8, 4) is 0 Å². The van der Waals surface area contributed by atoms with Gasteiger partial charge in [-0.1, -0.05) is 20.8 Å². The monoisotopic (exact) mass is 255 g/mol. The molecule has 2 atom stereocenters. The van der Waals surface area contributed by atoms with Gasteiger partial charge < -0.3 is 10.2 Å². The molecule has 3 heteroatoms.